The summed E-state index contributed by atoms with van der Waals surface area (Å²) in [6.07, 6.45) is 3.08. The molecule has 1 heterocycles. The Morgan fingerprint density at radius 2 is 2.32 bits per heavy atom. The molecular weight excluding hydrogens is 272 g/mol. The van der Waals surface area contributed by atoms with Gasteiger partial charge in [0.25, 0.3) is 11.6 Å². The number of carbonyl (C=O) groups is 1. The van der Waals surface area contributed by atoms with E-state index in [-0.39, 0.29) is 22.8 Å². The first-order valence-corrected chi connectivity index (χ1v) is 5.65. The highest BCUT2D eigenvalue weighted by molar-refractivity contribution is 6.34. The van der Waals surface area contributed by atoms with Gasteiger partial charge < -0.3 is 10.3 Å². The van der Waals surface area contributed by atoms with Crippen LogP contribution in [0.5, 0.6) is 0 Å². The molecule has 8 heteroatoms. The van der Waals surface area contributed by atoms with E-state index < -0.39 is 10.8 Å². The lowest BCUT2D eigenvalue weighted by Crippen LogP contribution is -2.23. The first-order valence-electron chi connectivity index (χ1n) is 5.27. The van der Waals surface area contributed by atoms with Crippen LogP contribution in [0.3, 0.4) is 0 Å². The number of imidazole rings is 1. The second-order valence-electron chi connectivity index (χ2n) is 3.68. The van der Waals surface area contributed by atoms with Crippen molar-refractivity contribution in [2.24, 2.45) is 0 Å². The van der Waals surface area contributed by atoms with Crippen LogP contribution in [0.1, 0.15) is 16.1 Å². The molecule has 0 aliphatic rings. The highest BCUT2D eigenvalue weighted by atomic mass is 35.5. The molecule has 0 aliphatic heterocycles. The zero-order valence-electron chi connectivity index (χ0n) is 9.59. The van der Waals surface area contributed by atoms with E-state index in [1.807, 2.05) is 0 Å². The molecule has 19 heavy (non-hydrogen) atoms. The van der Waals surface area contributed by atoms with E-state index >= 15 is 0 Å². The molecular formula is C11H9ClN4O3. The summed E-state index contributed by atoms with van der Waals surface area (Å²) in [5.74, 6) is -0.408. The zero-order valence-corrected chi connectivity index (χ0v) is 10.3. The van der Waals surface area contributed by atoms with E-state index in [0.29, 0.717) is 0 Å². The Labute approximate surface area is 112 Å². The number of carbonyl (C=O) groups excluding carboxylic acids is 1. The van der Waals surface area contributed by atoms with Gasteiger partial charge in [-0.1, -0.05) is 11.6 Å². The van der Waals surface area contributed by atoms with Gasteiger partial charge in [0.1, 0.15) is 0 Å². The van der Waals surface area contributed by atoms with Crippen LogP contribution in [0.4, 0.5) is 5.69 Å². The van der Waals surface area contributed by atoms with Crippen molar-refractivity contribution >= 4 is 23.2 Å². The number of amides is 1. The van der Waals surface area contributed by atoms with Crippen LogP contribution >= 0.6 is 11.6 Å². The van der Waals surface area contributed by atoms with Crippen LogP contribution in [0.25, 0.3) is 0 Å². The van der Waals surface area contributed by atoms with Crippen LogP contribution < -0.4 is 5.32 Å². The van der Waals surface area contributed by atoms with Crippen molar-refractivity contribution in [1.29, 1.82) is 0 Å². The molecule has 0 fully saturated rings. The average Bonchev–Trinajstić information content (AvgIpc) is 2.88. The van der Waals surface area contributed by atoms with Crippen LogP contribution in [0.15, 0.2) is 30.7 Å². The maximum atomic E-state index is 11.8. The third kappa shape index (κ3) is 3.08. The largest absolute Gasteiger partial charge is 0.347 e. The van der Waals surface area contributed by atoms with Gasteiger partial charge in [0.15, 0.2) is 0 Å². The highest BCUT2D eigenvalue weighted by Crippen LogP contribution is 2.22. The zero-order chi connectivity index (χ0) is 13.8. The average molecular weight is 281 g/mol. The molecule has 2 N–H and O–H groups in total. The van der Waals surface area contributed by atoms with Crippen LogP contribution in [-0.2, 0) is 6.54 Å². The lowest BCUT2D eigenvalue weighted by Gasteiger charge is -2.05. The molecule has 2 aromatic rings. The number of hydrogen-bond donors (Lipinski definition) is 2. The number of aromatic amines is 1. The summed E-state index contributed by atoms with van der Waals surface area (Å²) in [7, 11) is 0. The highest BCUT2D eigenvalue weighted by Gasteiger charge is 2.14. The maximum absolute atomic E-state index is 11.8. The molecule has 1 amide bonds. The fourth-order valence-electron chi connectivity index (χ4n) is 1.45. The van der Waals surface area contributed by atoms with Crippen molar-refractivity contribution in [1.82, 2.24) is 15.3 Å². The van der Waals surface area contributed by atoms with E-state index in [9.17, 15) is 14.9 Å². The van der Waals surface area contributed by atoms with Gasteiger partial charge in [-0.05, 0) is 6.07 Å². The predicted octanol–water partition coefficient (Wildman–Crippen LogP) is 1.90. The van der Waals surface area contributed by atoms with Crippen molar-refractivity contribution in [3.63, 3.8) is 0 Å². The summed E-state index contributed by atoms with van der Waals surface area (Å²) in [6.45, 7) is 0.270. The fraction of sp³-hybridized carbons (Fsp3) is 0.0909. The number of nitro groups is 1. The van der Waals surface area contributed by atoms with Crippen molar-refractivity contribution in [3.8, 4) is 0 Å². The van der Waals surface area contributed by atoms with E-state index in [4.69, 9.17) is 11.6 Å². The summed E-state index contributed by atoms with van der Waals surface area (Å²) >= 11 is 5.84. The first kappa shape index (κ1) is 13.0. The third-order valence-electron chi connectivity index (χ3n) is 2.40. The molecule has 1 aromatic carbocycles. The summed E-state index contributed by atoms with van der Waals surface area (Å²) in [5, 5.41) is 13.2. The molecule has 0 atom stereocenters. The third-order valence-corrected chi connectivity index (χ3v) is 2.72. The number of non-ortho nitro benzene ring substituents is 1. The number of nitrogens with one attached hydrogen (secondary N) is 2. The number of hydrogen-bond acceptors (Lipinski definition) is 4. The van der Waals surface area contributed by atoms with E-state index in [1.54, 1.807) is 6.20 Å². The Hall–Kier alpha value is -2.41. The molecule has 7 nitrogen and oxygen atoms in total. The normalized spacial score (nSPS) is 10.2. The SMILES string of the molecule is O=C(NCc1cnc[nH]1)c1ccc([N+](=O)[O-])cc1Cl. The van der Waals surface area contributed by atoms with Crippen molar-refractivity contribution < 1.29 is 9.72 Å². The van der Waals surface area contributed by atoms with Gasteiger partial charge in [-0.2, -0.15) is 0 Å². The number of nitrogens with zero attached hydrogens (tertiary/aromatic N) is 2. The standard InChI is InChI=1S/C11H9ClN4O3/c12-10-3-8(16(18)19)1-2-9(10)11(17)14-5-7-4-13-6-15-7/h1-4,6H,5H2,(H,13,15)(H,14,17). The van der Waals surface area contributed by atoms with Crippen molar-refractivity contribution in [3.05, 3.63) is 57.1 Å². The van der Waals surface area contributed by atoms with Crippen LogP contribution in [0.2, 0.25) is 5.02 Å². The van der Waals surface area contributed by atoms with Crippen molar-refractivity contribution in [2.75, 3.05) is 0 Å². The van der Waals surface area contributed by atoms with Gasteiger partial charge >= 0.3 is 0 Å². The van der Waals surface area contributed by atoms with E-state index in [1.165, 1.54) is 18.5 Å². The topological polar surface area (TPSA) is 101 Å². The first-order chi connectivity index (χ1) is 9.08. The molecule has 0 spiro atoms. The Morgan fingerprint density at radius 1 is 1.53 bits per heavy atom. The summed E-state index contributed by atoms with van der Waals surface area (Å²) in [5.41, 5.74) is 0.772. The Morgan fingerprint density at radius 3 is 2.89 bits per heavy atom. The Kier molecular flexibility index (Phi) is 3.76. The van der Waals surface area contributed by atoms with Gasteiger partial charge in [-0.15, -0.1) is 0 Å². The minimum Gasteiger partial charge on any atom is -0.347 e. The molecule has 2 rings (SSSR count). The predicted molar refractivity (Wildman–Crippen MR) is 67.9 cm³/mol. The summed E-state index contributed by atoms with van der Waals surface area (Å²) in [4.78, 5) is 28.5. The smallest absolute Gasteiger partial charge is 0.270 e. The second-order valence-corrected chi connectivity index (χ2v) is 4.09. The molecule has 0 unspecified atom stereocenters. The maximum Gasteiger partial charge on any atom is 0.270 e. The van der Waals surface area contributed by atoms with E-state index in [0.717, 1.165) is 11.8 Å². The van der Waals surface area contributed by atoms with Gasteiger partial charge in [0.05, 0.1) is 34.1 Å². The van der Waals surface area contributed by atoms with Gasteiger partial charge in [-0.25, -0.2) is 4.98 Å². The number of rotatable bonds is 4. The molecule has 0 saturated carbocycles. The minimum absolute atomic E-state index is 0.0383. The Balaban J connectivity index is 2.09. The lowest BCUT2D eigenvalue weighted by molar-refractivity contribution is -0.384. The molecule has 98 valence electrons. The number of halogens is 1. The summed E-state index contributed by atoms with van der Waals surface area (Å²) < 4.78 is 0. The quantitative estimate of drug-likeness (QED) is 0.659. The monoisotopic (exact) mass is 280 g/mol. The minimum atomic E-state index is -0.571. The summed E-state index contributed by atoms with van der Waals surface area (Å²) in [6, 6.07) is 3.70. The number of aromatic nitrogens is 2. The van der Waals surface area contributed by atoms with Gasteiger partial charge in [0.2, 0.25) is 0 Å². The molecule has 0 aliphatic carbocycles. The number of H-pyrrole nitrogens is 1. The van der Waals surface area contributed by atoms with Gasteiger partial charge in [-0.3, -0.25) is 14.9 Å². The molecule has 1 aromatic heterocycles. The van der Waals surface area contributed by atoms with E-state index in [2.05, 4.69) is 15.3 Å². The van der Waals surface area contributed by atoms with Crippen molar-refractivity contribution in [2.45, 2.75) is 6.54 Å². The fourth-order valence-corrected chi connectivity index (χ4v) is 1.71. The molecule has 0 saturated heterocycles. The van der Waals surface area contributed by atoms with Crippen LogP contribution in [-0.4, -0.2) is 20.8 Å². The van der Waals surface area contributed by atoms with Crippen LogP contribution in [0, 0.1) is 10.1 Å². The molecule has 0 bridgehead atoms. The van der Waals surface area contributed by atoms with Gasteiger partial charge in [0, 0.05) is 18.3 Å². The number of benzene rings is 1. The molecule has 0 radical (unpaired) electrons. The Bertz CT molecular complexity index is 612. The second kappa shape index (κ2) is 5.49. The number of nitro benzene ring substituents is 1. The lowest BCUT2D eigenvalue weighted by atomic mass is 10.2.